The number of carbonyl (C=O) groups excluding carboxylic acids is 2. The van der Waals surface area contributed by atoms with Gasteiger partial charge in [-0.15, -0.1) is 0 Å². The maximum atomic E-state index is 12.9. The molecule has 2 rings (SSSR count). The molecule has 0 unspecified atom stereocenters. The second-order valence-corrected chi connectivity index (χ2v) is 6.56. The van der Waals surface area contributed by atoms with E-state index in [9.17, 15) is 18.2 Å². The van der Waals surface area contributed by atoms with Crippen molar-refractivity contribution in [1.29, 1.82) is 0 Å². The van der Waals surface area contributed by atoms with Crippen molar-refractivity contribution in [3.8, 4) is 0 Å². The number of halogens is 1. The Labute approximate surface area is 141 Å². The first kappa shape index (κ1) is 17.8. The highest BCUT2D eigenvalue weighted by Gasteiger charge is 2.17. The Morgan fingerprint density at radius 3 is 2.38 bits per heavy atom. The van der Waals surface area contributed by atoms with Crippen LogP contribution < -0.4 is 10.6 Å². The molecule has 0 radical (unpaired) electrons. The molecule has 0 saturated carbocycles. The summed E-state index contributed by atoms with van der Waals surface area (Å²) < 4.78 is 24.3. The molecule has 0 spiro atoms. The molecule has 2 N–H and O–H groups in total. The van der Waals surface area contributed by atoms with E-state index in [0.29, 0.717) is 16.1 Å². The van der Waals surface area contributed by atoms with E-state index in [1.165, 1.54) is 30.5 Å². The van der Waals surface area contributed by atoms with Gasteiger partial charge in [-0.25, -0.2) is 4.39 Å². The largest absolute Gasteiger partial charge is 0.341 e. The molecule has 0 aliphatic rings. The Bertz CT molecular complexity index is 778. The number of carbonyl (C=O) groups is 2. The molecule has 0 saturated heterocycles. The molecule has 2 atom stereocenters. The van der Waals surface area contributed by atoms with Crippen LogP contribution in [0.1, 0.15) is 18.5 Å². The minimum absolute atomic E-state index is 0.372. The normalized spacial score (nSPS) is 13.0. The smallest absolute Gasteiger partial charge is 0.313 e. The van der Waals surface area contributed by atoms with Crippen LogP contribution in [0.15, 0.2) is 53.4 Å². The van der Waals surface area contributed by atoms with Crippen LogP contribution in [-0.4, -0.2) is 22.3 Å². The van der Waals surface area contributed by atoms with Gasteiger partial charge in [0.05, 0.1) is 6.04 Å². The lowest BCUT2D eigenvalue weighted by molar-refractivity contribution is -0.136. The third-order valence-corrected chi connectivity index (χ3v) is 4.27. The van der Waals surface area contributed by atoms with Crippen LogP contribution in [0.25, 0.3) is 0 Å². The van der Waals surface area contributed by atoms with Crippen LogP contribution in [0, 0.1) is 5.82 Å². The molecule has 0 fully saturated rings. The number of anilines is 1. The van der Waals surface area contributed by atoms with Crippen molar-refractivity contribution >= 4 is 28.3 Å². The third-order valence-electron chi connectivity index (χ3n) is 3.35. The summed E-state index contributed by atoms with van der Waals surface area (Å²) in [6.07, 6.45) is 1.53. The molecule has 24 heavy (non-hydrogen) atoms. The molecule has 0 aromatic heterocycles. The summed E-state index contributed by atoms with van der Waals surface area (Å²) in [5.41, 5.74) is 1.07. The van der Waals surface area contributed by atoms with Gasteiger partial charge in [0, 0.05) is 27.6 Å². The van der Waals surface area contributed by atoms with Gasteiger partial charge < -0.3 is 10.6 Å². The van der Waals surface area contributed by atoms with Crippen molar-refractivity contribution in [2.45, 2.75) is 17.9 Å². The van der Waals surface area contributed by atoms with Crippen molar-refractivity contribution in [2.75, 3.05) is 11.6 Å². The van der Waals surface area contributed by atoms with Crippen LogP contribution in [0.4, 0.5) is 10.1 Å². The second kappa shape index (κ2) is 7.83. The zero-order chi connectivity index (χ0) is 17.7. The number of benzene rings is 2. The van der Waals surface area contributed by atoms with Crippen LogP contribution in [-0.2, 0) is 20.4 Å². The van der Waals surface area contributed by atoms with E-state index in [-0.39, 0.29) is 5.82 Å². The van der Waals surface area contributed by atoms with Crippen LogP contribution in [0.3, 0.4) is 0 Å². The number of amides is 2. The van der Waals surface area contributed by atoms with Crippen LogP contribution in [0.5, 0.6) is 0 Å². The highest BCUT2D eigenvalue weighted by molar-refractivity contribution is 7.84. The summed E-state index contributed by atoms with van der Waals surface area (Å²) in [6.45, 7) is 1.69. The molecule has 5 nitrogen and oxygen atoms in total. The summed E-state index contributed by atoms with van der Waals surface area (Å²) in [6, 6.07) is 11.7. The predicted octanol–water partition coefficient (Wildman–Crippen LogP) is 2.38. The summed E-state index contributed by atoms with van der Waals surface area (Å²) >= 11 is 0. The Morgan fingerprint density at radius 2 is 1.75 bits per heavy atom. The molecular weight excluding hydrogens is 331 g/mol. The van der Waals surface area contributed by atoms with Gasteiger partial charge in [0.15, 0.2) is 0 Å². The van der Waals surface area contributed by atoms with Crippen molar-refractivity contribution in [3.63, 3.8) is 0 Å². The Balaban J connectivity index is 1.99. The van der Waals surface area contributed by atoms with Gasteiger partial charge in [0.25, 0.3) is 0 Å². The lowest BCUT2D eigenvalue weighted by Crippen LogP contribution is -2.36. The fourth-order valence-electron chi connectivity index (χ4n) is 2.04. The molecule has 0 bridgehead atoms. The number of hydrogen-bond acceptors (Lipinski definition) is 3. The van der Waals surface area contributed by atoms with Gasteiger partial charge in [-0.1, -0.05) is 18.2 Å². The average Bonchev–Trinajstić information content (AvgIpc) is 2.55. The van der Waals surface area contributed by atoms with Gasteiger partial charge >= 0.3 is 11.8 Å². The molecule has 2 aromatic rings. The minimum Gasteiger partial charge on any atom is -0.341 e. The van der Waals surface area contributed by atoms with Crippen LogP contribution in [0.2, 0.25) is 0 Å². The monoisotopic (exact) mass is 348 g/mol. The van der Waals surface area contributed by atoms with E-state index in [1.54, 1.807) is 31.2 Å². The van der Waals surface area contributed by atoms with E-state index >= 15 is 0 Å². The van der Waals surface area contributed by atoms with Gasteiger partial charge in [-0.05, 0) is 42.8 Å². The summed E-state index contributed by atoms with van der Waals surface area (Å²) in [5.74, 6) is -2.01. The van der Waals surface area contributed by atoms with Crippen molar-refractivity contribution in [3.05, 3.63) is 59.9 Å². The highest BCUT2D eigenvalue weighted by atomic mass is 32.2. The third kappa shape index (κ3) is 4.73. The lowest BCUT2D eigenvalue weighted by Gasteiger charge is -2.14. The molecule has 0 heterocycles. The van der Waals surface area contributed by atoms with E-state index < -0.39 is 28.7 Å². The minimum atomic E-state index is -1.18. The average molecular weight is 348 g/mol. The zero-order valence-corrected chi connectivity index (χ0v) is 14.0. The van der Waals surface area contributed by atoms with Gasteiger partial charge in [-0.3, -0.25) is 13.8 Å². The molecule has 2 aromatic carbocycles. The maximum Gasteiger partial charge on any atom is 0.313 e. The fourth-order valence-corrected chi connectivity index (χ4v) is 2.60. The zero-order valence-electron chi connectivity index (χ0n) is 13.2. The lowest BCUT2D eigenvalue weighted by atomic mass is 10.1. The molecule has 7 heteroatoms. The van der Waals surface area contributed by atoms with E-state index in [0.717, 1.165) is 0 Å². The van der Waals surface area contributed by atoms with E-state index in [4.69, 9.17) is 0 Å². The molecule has 0 aliphatic heterocycles. The number of rotatable bonds is 4. The number of nitrogens with one attached hydrogen (secondary N) is 2. The summed E-state index contributed by atoms with van der Waals surface area (Å²) in [7, 11) is -1.18. The Morgan fingerprint density at radius 1 is 1.08 bits per heavy atom. The van der Waals surface area contributed by atoms with Gasteiger partial charge in [-0.2, -0.15) is 0 Å². The topological polar surface area (TPSA) is 75.3 Å². The molecular formula is C17H17FN2O3S. The van der Waals surface area contributed by atoms with E-state index in [2.05, 4.69) is 10.6 Å². The van der Waals surface area contributed by atoms with Crippen LogP contribution >= 0.6 is 0 Å². The van der Waals surface area contributed by atoms with Crippen molar-refractivity contribution in [1.82, 2.24) is 5.32 Å². The predicted molar refractivity (Wildman–Crippen MR) is 90.4 cm³/mol. The van der Waals surface area contributed by atoms with Gasteiger partial charge in [0.2, 0.25) is 0 Å². The summed E-state index contributed by atoms with van der Waals surface area (Å²) in [4.78, 5) is 24.5. The van der Waals surface area contributed by atoms with Crippen molar-refractivity contribution < 1.29 is 18.2 Å². The second-order valence-electron chi connectivity index (χ2n) is 5.18. The van der Waals surface area contributed by atoms with E-state index in [1.807, 2.05) is 0 Å². The Kier molecular flexibility index (Phi) is 5.81. The number of hydrogen-bond donors (Lipinski definition) is 2. The SMILES string of the molecule is C[C@H](NC(=O)C(=O)Nc1cccc([S@@](C)=O)c1)c1ccc(F)cc1. The molecule has 0 aliphatic carbocycles. The quantitative estimate of drug-likeness (QED) is 0.833. The first-order valence-corrected chi connectivity index (χ1v) is 8.73. The van der Waals surface area contributed by atoms with Crippen molar-refractivity contribution in [2.24, 2.45) is 0 Å². The fraction of sp³-hybridized carbons (Fsp3) is 0.176. The highest BCUT2D eigenvalue weighted by Crippen LogP contribution is 2.14. The first-order valence-electron chi connectivity index (χ1n) is 7.17. The standard InChI is InChI=1S/C17H17FN2O3S/c1-11(12-6-8-13(18)9-7-12)19-16(21)17(22)20-14-4-3-5-15(10-14)24(2)23/h3-11H,1-2H3,(H,19,21)(H,20,22)/t11-,24+/m0/s1. The van der Waals surface area contributed by atoms with Gasteiger partial charge in [0.1, 0.15) is 5.82 Å². The Hall–Kier alpha value is -2.54. The molecule has 126 valence electrons. The molecule has 2 amide bonds. The first-order chi connectivity index (χ1) is 11.4. The summed E-state index contributed by atoms with van der Waals surface area (Å²) in [5, 5.41) is 5.00. The maximum absolute atomic E-state index is 12.9.